The predicted molar refractivity (Wildman–Crippen MR) is 75.2 cm³/mol. The molecule has 0 aliphatic rings. The molecule has 102 valence electrons. The summed E-state index contributed by atoms with van der Waals surface area (Å²) in [4.78, 5) is 8.61. The number of aromatic nitrogens is 2. The lowest BCUT2D eigenvalue weighted by atomic mass is 10.2. The summed E-state index contributed by atoms with van der Waals surface area (Å²) in [6.07, 6.45) is 3.74. The summed E-state index contributed by atoms with van der Waals surface area (Å²) in [6.45, 7) is 7.95. The second-order valence-electron chi connectivity index (χ2n) is 4.26. The molecule has 0 bridgehead atoms. The molecule has 0 saturated heterocycles. The molecule has 1 rings (SSSR count). The number of nitrogens with zero attached hydrogens (tertiary/aromatic N) is 2. The number of rotatable bonds is 8. The van der Waals surface area contributed by atoms with E-state index in [2.05, 4.69) is 34.4 Å². The molecule has 0 aliphatic carbocycles. The van der Waals surface area contributed by atoms with Gasteiger partial charge in [-0.2, -0.15) is 0 Å². The zero-order valence-corrected chi connectivity index (χ0v) is 11.8. The van der Waals surface area contributed by atoms with Gasteiger partial charge in [0.15, 0.2) is 0 Å². The Bertz CT molecular complexity index is 357. The monoisotopic (exact) mass is 252 g/mol. The van der Waals surface area contributed by atoms with Gasteiger partial charge in [0.05, 0.1) is 6.10 Å². The third-order valence-corrected chi connectivity index (χ3v) is 2.80. The maximum atomic E-state index is 5.22. The first-order chi connectivity index (χ1) is 8.72. The van der Waals surface area contributed by atoms with Crippen LogP contribution in [0.15, 0.2) is 6.33 Å². The molecule has 5 nitrogen and oxygen atoms in total. The minimum absolute atomic E-state index is 0.164. The molecule has 0 fully saturated rings. The van der Waals surface area contributed by atoms with Gasteiger partial charge < -0.3 is 15.4 Å². The second-order valence-corrected chi connectivity index (χ2v) is 4.26. The normalized spacial score (nSPS) is 12.2. The quantitative estimate of drug-likeness (QED) is 0.743. The van der Waals surface area contributed by atoms with Gasteiger partial charge in [0, 0.05) is 25.8 Å². The zero-order valence-electron chi connectivity index (χ0n) is 11.8. The molecule has 0 spiro atoms. The van der Waals surface area contributed by atoms with Crippen molar-refractivity contribution in [1.29, 1.82) is 0 Å². The van der Waals surface area contributed by atoms with Crippen molar-refractivity contribution in [2.75, 3.05) is 30.8 Å². The van der Waals surface area contributed by atoms with Crippen LogP contribution in [0, 0.1) is 0 Å². The highest BCUT2D eigenvalue weighted by Crippen LogP contribution is 2.20. The van der Waals surface area contributed by atoms with Crippen LogP contribution in [0.1, 0.15) is 32.8 Å². The van der Waals surface area contributed by atoms with Crippen LogP contribution in [-0.2, 0) is 11.2 Å². The Balaban J connectivity index is 2.77. The molecular formula is C13H24N4O. The first-order valence-electron chi connectivity index (χ1n) is 6.57. The molecule has 1 aromatic heterocycles. The fourth-order valence-electron chi connectivity index (χ4n) is 1.62. The Morgan fingerprint density at radius 3 is 2.44 bits per heavy atom. The number of methoxy groups -OCH3 is 1. The van der Waals surface area contributed by atoms with Crippen LogP contribution in [0.25, 0.3) is 0 Å². The van der Waals surface area contributed by atoms with Crippen molar-refractivity contribution in [1.82, 2.24) is 9.97 Å². The number of nitrogens with one attached hydrogen (secondary N) is 2. The lowest BCUT2D eigenvalue weighted by Gasteiger charge is -2.16. The average molecular weight is 252 g/mol. The number of hydrogen-bond acceptors (Lipinski definition) is 5. The number of ether oxygens (including phenoxy) is 1. The van der Waals surface area contributed by atoms with Crippen LogP contribution >= 0.6 is 0 Å². The van der Waals surface area contributed by atoms with Gasteiger partial charge >= 0.3 is 0 Å². The topological polar surface area (TPSA) is 59.1 Å². The van der Waals surface area contributed by atoms with Crippen LogP contribution in [-0.4, -0.2) is 36.3 Å². The highest BCUT2D eigenvalue weighted by molar-refractivity contribution is 5.57. The minimum atomic E-state index is 0.164. The molecule has 2 N–H and O–H groups in total. The Labute approximate surface area is 109 Å². The summed E-state index contributed by atoms with van der Waals surface area (Å²) in [7, 11) is 1.71. The molecule has 0 saturated carbocycles. The molecular weight excluding hydrogens is 228 g/mol. The molecule has 5 heteroatoms. The summed E-state index contributed by atoms with van der Waals surface area (Å²) in [6, 6.07) is 0. The van der Waals surface area contributed by atoms with Gasteiger partial charge in [0.1, 0.15) is 18.0 Å². The second kappa shape index (κ2) is 7.87. The standard InChI is InChI=1S/C13H24N4O/c1-5-7-14-12-11(6-2)13(17-9-16-12)15-8-10(3)18-4/h9-10H,5-8H2,1-4H3,(H2,14,15,16,17). The lowest BCUT2D eigenvalue weighted by molar-refractivity contribution is 0.128. The van der Waals surface area contributed by atoms with Crippen molar-refractivity contribution in [2.24, 2.45) is 0 Å². The van der Waals surface area contributed by atoms with Gasteiger partial charge in [-0.05, 0) is 19.8 Å². The van der Waals surface area contributed by atoms with Crippen molar-refractivity contribution in [3.05, 3.63) is 11.9 Å². The Morgan fingerprint density at radius 1 is 1.22 bits per heavy atom. The van der Waals surface area contributed by atoms with E-state index < -0.39 is 0 Å². The summed E-state index contributed by atoms with van der Waals surface area (Å²) in [5.41, 5.74) is 1.13. The van der Waals surface area contributed by atoms with Gasteiger partial charge in [0.2, 0.25) is 0 Å². The molecule has 1 heterocycles. The molecule has 1 unspecified atom stereocenters. The molecule has 0 aromatic carbocycles. The summed E-state index contributed by atoms with van der Waals surface area (Å²) >= 11 is 0. The molecule has 1 aromatic rings. The van der Waals surface area contributed by atoms with Crippen LogP contribution in [0.4, 0.5) is 11.6 Å². The Kier molecular flexibility index (Phi) is 6.43. The largest absolute Gasteiger partial charge is 0.380 e. The van der Waals surface area contributed by atoms with E-state index in [4.69, 9.17) is 4.74 Å². The fraction of sp³-hybridized carbons (Fsp3) is 0.692. The Morgan fingerprint density at radius 2 is 1.89 bits per heavy atom. The molecule has 0 aliphatic heterocycles. The van der Waals surface area contributed by atoms with Crippen LogP contribution in [0.5, 0.6) is 0 Å². The number of hydrogen-bond donors (Lipinski definition) is 2. The van der Waals surface area contributed by atoms with Crippen molar-refractivity contribution in [3.8, 4) is 0 Å². The van der Waals surface area contributed by atoms with Crippen molar-refractivity contribution < 1.29 is 4.74 Å². The van der Waals surface area contributed by atoms with Crippen LogP contribution in [0.3, 0.4) is 0 Å². The predicted octanol–water partition coefficient (Wildman–Crippen LogP) is 2.31. The van der Waals surface area contributed by atoms with E-state index in [9.17, 15) is 0 Å². The van der Waals surface area contributed by atoms with Crippen molar-refractivity contribution in [3.63, 3.8) is 0 Å². The van der Waals surface area contributed by atoms with E-state index in [1.165, 1.54) is 0 Å². The molecule has 18 heavy (non-hydrogen) atoms. The van der Waals surface area contributed by atoms with Gasteiger partial charge in [-0.15, -0.1) is 0 Å². The average Bonchev–Trinajstić information content (AvgIpc) is 2.42. The first kappa shape index (κ1) is 14.7. The number of anilines is 2. The van der Waals surface area contributed by atoms with Gasteiger partial charge in [-0.3, -0.25) is 0 Å². The van der Waals surface area contributed by atoms with E-state index in [0.717, 1.165) is 43.1 Å². The third kappa shape index (κ3) is 4.14. The van der Waals surface area contributed by atoms with Gasteiger partial charge in [-0.25, -0.2) is 9.97 Å². The lowest BCUT2D eigenvalue weighted by Crippen LogP contribution is -2.20. The summed E-state index contributed by atoms with van der Waals surface area (Å²) in [5, 5.41) is 6.65. The molecule has 0 amide bonds. The summed E-state index contributed by atoms with van der Waals surface area (Å²) in [5.74, 6) is 1.83. The van der Waals surface area contributed by atoms with Gasteiger partial charge in [-0.1, -0.05) is 13.8 Å². The summed E-state index contributed by atoms with van der Waals surface area (Å²) < 4.78 is 5.22. The molecule has 1 atom stereocenters. The maximum absolute atomic E-state index is 5.22. The zero-order chi connectivity index (χ0) is 13.4. The van der Waals surface area contributed by atoms with E-state index >= 15 is 0 Å². The van der Waals surface area contributed by atoms with E-state index in [0.29, 0.717) is 0 Å². The van der Waals surface area contributed by atoms with Crippen molar-refractivity contribution in [2.45, 2.75) is 39.7 Å². The van der Waals surface area contributed by atoms with Crippen molar-refractivity contribution >= 4 is 11.6 Å². The Hall–Kier alpha value is -1.36. The van der Waals surface area contributed by atoms with Crippen LogP contribution < -0.4 is 10.6 Å². The highest BCUT2D eigenvalue weighted by Gasteiger charge is 2.09. The first-order valence-corrected chi connectivity index (χ1v) is 6.57. The SMILES string of the molecule is CCCNc1ncnc(NCC(C)OC)c1CC. The third-order valence-electron chi connectivity index (χ3n) is 2.80. The maximum Gasteiger partial charge on any atom is 0.134 e. The van der Waals surface area contributed by atoms with E-state index in [1.54, 1.807) is 13.4 Å². The van der Waals surface area contributed by atoms with E-state index in [-0.39, 0.29) is 6.10 Å². The van der Waals surface area contributed by atoms with Gasteiger partial charge in [0.25, 0.3) is 0 Å². The van der Waals surface area contributed by atoms with Crippen LogP contribution in [0.2, 0.25) is 0 Å². The highest BCUT2D eigenvalue weighted by atomic mass is 16.5. The molecule has 0 radical (unpaired) electrons. The van der Waals surface area contributed by atoms with E-state index in [1.807, 2.05) is 6.92 Å². The smallest absolute Gasteiger partial charge is 0.134 e. The fourth-order valence-corrected chi connectivity index (χ4v) is 1.62. The minimum Gasteiger partial charge on any atom is -0.380 e.